The summed E-state index contributed by atoms with van der Waals surface area (Å²) in [5.41, 5.74) is 6.58. The van der Waals surface area contributed by atoms with Gasteiger partial charge in [0, 0.05) is 5.39 Å². The van der Waals surface area contributed by atoms with Crippen molar-refractivity contribution < 1.29 is 9.53 Å². The van der Waals surface area contributed by atoms with E-state index in [2.05, 4.69) is 15.5 Å². The first kappa shape index (κ1) is 12.6. The third-order valence-corrected chi connectivity index (χ3v) is 3.01. The van der Waals surface area contributed by atoms with Crippen LogP contribution in [0.15, 0.2) is 24.3 Å². The van der Waals surface area contributed by atoms with Crippen LogP contribution in [0.5, 0.6) is 5.75 Å². The van der Waals surface area contributed by atoms with Crippen molar-refractivity contribution >= 4 is 34.1 Å². The number of nitrogens with two attached hydrogens (primary N) is 1. The molecule has 2 aromatic heterocycles. The number of hydrogen-bond acceptors (Lipinski definition) is 5. The summed E-state index contributed by atoms with van der Waals surface area (Å²) in [5, 5.41) is 12.1. The quantitative estimate of drug-likeness (QED) is 0.723. The highest BCUT2D eigenvalue weighted by atomic mass is 35.5. The fourth-order valence-electron chi connectivity index (χ4n) is 2.05. The number of primary amides is 1. The van der Waals surface area contributed by atoms with Gasteiger partial charge in [0.05, 0.1) is 11.4 Å². The van der Waals surface area contributed by atoms with Gasteiger partial charge < -0.3 is 10.5 Å². The highest BCUT2D eigenvalue weighted by Crippen LogP contribution is 2.27. The number of pyridine rings is 1. The second-order valence-corrected chi connectivity index (χ2v) is 4.45. The van der Waals surface area contributed by atoms with Crippen LogP contribution in [-0.4, -0.2) is 38.4 Å². The maximum Gasteiger partial charge on any atom is 0.252 e. The highest BCUT2D eigenvalue weighted by molar-refractivity contribution is 6.18. The molecule has 0 aliphatic carbocycles. The molecule has 8 heteroatoms. The molecule has 2 heterocycles. The molecule has 0 bridgehead atoms. The molecule has 0 spiro atoms. The van der Waals surface area contributed by atoms with E-state index < -0.39 is 5.91 Å². The normalized spacial score (nSPS) is 11.1. The van der Waals surface area contributed by atoms with Gasteiger partial charge in [0.25, 0.3) is 5.91 Å². The number of rotatable bonds is 4. The van der Waals surface area contributed by atoms with Gasteiger partial charge >= 0.3 is 0 Å². The van der Waals surface area contributed by atoms with E-state index in [1.807, 2.05) is 12.1 Å². The molecule has 3 rings (SSSR count). The van der Waals surface area contributed by atoms with Crippen molar-refractivity contribution in [3.63, 3.8) is 0 Å². The Balaban J connectivity index is 2.35. The zero-order valence-corrected chi connectivity index (χ0v) is 11.0. The molecule has 20 heavy (non-hydrogen) atoms. The van der Waals surface area contributed by atoms with Crippen LogP contribution < -0.4 is 10.5 Å². The standard InChI is InChI=1S/C12H10ClN5O2/c13-4-5-20-9-3-1-2-7-6-8(11(14)19)12-15-16-17-18(12)10(7)9/h1-3,6H,4-5H2,(H2,14,19). The van der Waals surface area contributed by atoms with Gasteiger partial charge in [-0.2, -0.15) is 4.52 Å². The van der Waals surface area contributed by atoms with Crippen molar-refractivity contribution in [3.8, 4) is 5.75 Å². The van der Waals surface area contributed by atoms with E-state index in [4.69, 9.17) is 22.1 Å². The molecule has 0 atom stereocenters. The van der Waals surface area contributed by atoms with Gasteiger partial charge in [-0.05, 0) is 22.6 Å². The first-order valence-corrected chi connectivity index (χ1v) is 6.38. The summed E-state index contributed by atoms with van der Waals surface area (Å²) < 4.78 is 7.03. The first-order valence-electron chi connectivity index (χ1n) is 5.85. The topological polar surface area (TPSA) is 95.4 Å². The summed E-state index contributed by atoms with van der Waals surface area (Å²) >= 11 is 5.63. The lowest BCUT2D eigenvalue weighted by molar-refractivity contribution is 0.100. The molecular weight excluding hydrogens is 282 g/mol. The zero-order chi connectivity index (χ0) is 14.1. The van der Waals surface area contributed by atoms with Gasteiger partial charge in [-0.1, -0.05) is 12.1 Å². The van der Waals surface area contributed by atoms with Gasteiger partial charge in [0.15, 0.2) is 5.65 Å². The van der Waals surface area contributed by atoms with Crippen molar-refractivity contribution in [1.82, 2.24) is 20.0 Å². The summed E-state index contributed by atoms with van der Waals surface area (Å²) in [6, 6.07) is 7.08. The highest BCUT2D eigenvalue weighted by Gasteiger charge is 2.16. The number of fused-ring (bicyclic) bond motifs is 3. The molecule has 0 aliphatic rings. The van der Waals surface area contributed by atoms with Gasteiger partial charge in [-0.25, -0.2) is 0 Å². The SMILES string of the molecule is NC(=O)c1cc2cccc(OCCCl)c2n2nnnc12. The van der Waals surface area contributed by atoms with E-state index in [9.17, 15) is 4.79 Å². The van der Waals surface area contributed by atoms with E-state index in [1.54, 1.807) is 12.1 Å². The van der Waals surface area contributed by atoms with Crippen LogP contribution in [0.2, 0.25) is 0 Å². The average Bonchev–Trinajstić information content (AvgIpc) is 2.92. The zero-order valence-electron chi connectivity index (χ0n) is 10.3. The number of nitrogens with zero attached hydrogens (tertiary/aromatic N) is 4. The fourth-order valence-corrected chi connectivity index (χ4v) is 2.13. The van der Waals surface area contributed by atoms with E-state index in [1.165, 1.54) is 4.52 Å². The second-order valence-electron chi connectivity index (χ2n) is 4.07. The number of ether oxygens (including phenoxy) is 1. The van der Waals surface area contributed by atoms with Crippen molar-refractivity contribution in [2.24, 2.45) is 5.73 Å². The summed E-state index contributed by atoms with van der Waals surface area (Å²) in [4.78, 5) is 11.5. The molecule has 0 fully saturated rings. The molecule has 102 valence electrons. The number of para-hydroxylation sites is 1. The first-order chi connectivity index (χ1) is 9.72. The van der Waals surface area contributed by atoms with Crippen molar-refractivity contribution in [3.05, 3.63) is 29.8 Å². The Bertz CT molecular complexity index is 801. The maximum atomic E-state index is 11.5. The minimum atomic E-state index is -0.584. The Morgan fingerprint density at radius 3 is 3.05 bits per heavy atom. The Morgan fingerprint density at radius 1 is 1.45 bits per heavy atom. The van der Waals surface area contributed by atoms with Crippen LogP contribution >= 0.6 is 11.6 Å². The van der Waals surface area contributed by atoms with Crippen molar-refractivity contribution in [2.45, 2.75) is 0 Å². The van der Waals surface area contributed by atoms with E-state index >= 15 is 0 Å². The Kier molecular flexibility index (Phi) is 3.11. The molecule has 0 radical (unpaired) electrons. The van der Waals surface area contributed by atoms with E-state index in [0.717, 1.165) is 5.39 Å². The van der Waals surface area contributed by atoms with Crippen LogP contribution in [0.1, 0.15) is 10.4 Å². The second kappa shape index (κ2) is 4.93. The predicted molar refractivity (Wildman–Crippen MR) is 73.0 cm³/mol. The number of carbonyl (C=O) groups is 1. The van der Waals surface area contributed by atoms with Gasteiger partial charge in [-0.15, -0.1) is 16.7 Å². The maximum absolute atomic E-state index is 11.5. The lowest BCUT2D eigenvalue weighted by atomic mass is 10.1. The van der Waals surface area contributed by atoms with Crippen molar-refractivity contribution in [1.29, 1.82) is 0 Å². The van der Waals surface area contributed by atoms with E-state index in [0.29, 0.717) is 29.4 Å². The molecular formula is C12H10ClN5O2. The summed E-state index contributed by atoms with van der Waals surface area (Å²) in [6.45, 7) is 0.363. The summed E-state index contributed by atoms with van der Waals surface area (Å²) in [6.07, 6.45) is 0. The number of tetrazole rings is 1. The largest absolute Gasteiger partial charge is 0.490 e. The molecule has 7 nitrogen and oxygen atoms in total. The number of hydrogen-bond donors (Lipinski definition) is 1. The van der Waals surface area contributed by atoms with Crippen LogP contribution in [0.25, 0.3) is 16.6 Å². The summed E-state index contributed by atoms with van der Waals surface area (Å²) in [7, 11) is 0. The van der Waals surface area contributed by atoms with Gasteiger partial charge in [0.2, 0.25) is 0 Å². The number of amides is 1. The third-order valence-electron chi connectivity index (χ3n) is 2.85. The number of benzene rings is 1. The molecule has 0 saturated heterocycles. The molecule has 1 amide bonds. The van der Waals surface area contributed by atoms with Crippen LogP contribution in [0.4, 0.5) is 0 Å². The molecule has 0 saturated carbocycles. The lowest BCUT2D eigenvalue weighted by Crippen LogP contribution is -2.13. The van der Waals surface area contributed by atoms with Crippen LogP contribution in [0.3, 0.4) is 0 Å². The predicted octanol–water partition coefficient (Wildman–Crippen LogP) is 0.994. The Labute approximate surface area is 118 Å². The minimum Gasteiger partial charge on any atom is -0.490 e. The van der Waals surface area contributed by atoms with Gasteiger partial charge in [0.1, 0.15) is 17.9 Å². The monoisotopic (exact) mass is 291 g/mol. The van der Waals surface area contributed by atoms with Crippen LogP contribution in [-0.2, 0) is 0 Å². The number of alkyl halides is 1. The molecule has 0 unspecified atom stereocenters. The number of halogens is 1. The average molecular weight is 292 g/mol. The third kappa shape index (κ3) is 1.92. The Hall–Kier alpha value is -2.41. The van der Waals surface area contributed by atoms with Gasteiger partial charge in [-0.3, -0.25) is 4.79 Å². The molecule has 3 aromatic rings. The van der Waals surface area contributed by atoms with E-state index in [-0.39, 0.29) is 5.56 Å². The van der Waals surface area contributed by atoms with Crippen LogP contribution in [0, 0.1) is 0 Å². The van der Waals surface area contributed by atoms with Crippen molar-refractivity contribution in [2.75, 3.05) is 12.5 Å². The lowest BCUT2D eigenvalue weighted by Gasteiger charge is -2.09. The number of carbonyl (C=O) groups excluding carboxylic acids is 1. The minimum absolute atomic E-state index is 0.261. The smallest absolute Gasteiger partial charge is 0.252 e. The molecule has 2 N–H and O–H groups in total. The number of aromatic nitrogens is 4. The molecule has 1 aromatic carbocycles. The molecule has 0 aliphatic heterocycles. The fraction of sp³-hybridized carbons (Fsp3) is 0.167. The summed E-state index contributed by atoms with van der Waals surface area (Å²) in [5.74, 6) is 0.379. The Morgan fingerprint density at radius 2 is 2.30 bits per heavy atom.